The zero-order valence-electron chi connectivity index (χ0n) is 16.9. The molecule has 10 heteroatoms. The van der Waals surface area contributed by atoms with E-state index in [0.717, 1.165) is 12.5 Å². The SMILES string of the molecule is CO[C@@H]1[C@@H](Cn2cncn2)[C@H](NC(=O)c2ccc(C(F)(F)F)cc2F)CCC1(C)C. The molecule has 1 N–H and O–H groups in total. The highest BCUT2D eigenvalue weighted by Crippen LogP contribution is 2.41. The molecule has 0 aliphatic heterocycles. The number of methoxy groups -OCH3 is 1. The molecule has 1 aromatic carbocycles. The van der Waals surface area contributed by atoms with Crippen molar-refractivity contribution < 1.29 is 27.1 Å². The molecule has 0 radical (unpaired) electrons. The molecule has 3 rings (SSSR count). The number of ether oxygens (including phenoxy) is 1. The first kappa shape index (κ1) is 22.2. The predicted molar refractivity (Wildman–Crippen MR) is 100.0 cm³/mol. The molecular weight excluding hydrogens is 404 g/mol. The first-order valence-electron chi connectivity index (χ1n) is 9.56. The van der Waals surface area contributed by atoms with Crippen molar-refractivity contribution in [2.75, 3.05) is 7.11 Å². The lowest BCUT2D eigenvalue weighted by atomic mass is 9.67. The van der Waals surface area contributed by atoms with Crippen molar-refractivity contribution in [2.24, 2.45) is 11.3 Å². The number of aromatic nitrogens is 3. The minimum atomic E-state index is -4.68. The number of hydrogen-bond donors (Lipinski definition) is 1. The number of amides is 1. The van der Waals surface area contributed by atoms with Crippen LogP contribution in [0.2, 0.25) is 0 Å². The predicted octanol–water partition coefficient (Wildman–Crippen LogP) is 3.69. The van der Waals surface area contributed by atoms with E-state index >= 15 is 0 Å². The first-order valence-corrected chi connectivity index (χ1v) is 9.56. The fraction of sp³-hybridized carbons (Fsp3) is 0.550. The van der Waals surface area contributed by atoms with Crippen LogP contribution in [-0.4, -0.2) is 39.9 Å². The number of benzene rings is 1. The molecule has 0 saturated heterocycles. The molecule has 0 bridgehead atoms. The van der Waals surface area contributed by atoms with E-state index in [4.69, 9.17) is 4.74 Å². The summed E-state index contributed by atoms with van der Waals surface area (Å²) in [5.74, 6) is -2.17. The third-order valence-electron chi connectivity index (χ3n) is 5.75. The fourth-order valence-electron chi connectivity index (χ4n) is 4.24. The summed E-state index contributed by atoms with van der Waals surface area (Å²) in [7, 11) is 1.60. The Hall–Kier alpha value is -2.49. The summed E-state index contributed by atoms with van der Waals surface area (Å²) in [5.41, 5.74) is -1.73. The van der Waals surface area contributed by atoms with E-state index < -0.39 is 29.0 Å². The summed E-state index contributed by atoms with van der Waals surface area (Å²) in [6.07, 6.45) is -0.582. The normalized spacial score (nSPS) is 23.9. The number of carbonyl (C=O) groups is 1. The zero-order chi connectivity index (χ0) is 22.1. The molecule has 1 aromatic heterocycles. The molecule has 6 nitrogen and oxygen atoms in total. The summed E-state index contributed by atoms with van der Waals surface area (Å²) >= 11 is 0. The van der Waals surface area contributed by atoms with Crippen molar-refractivity contribution in [3.05, 3.63) is 47.8 Å². The monoisotopic (exact) mass is 428 g/mol. The van der Waals surface area contributed by atoms with Crippen molar-refractivity contribution in [1.29, 1.82) is 0 Å². The molecule has 30 heavy (non-hydrogen) atoms. The second-order valence-electron chi connectivity index (χ2n) is 8.24. The van der Waals surface area contributed by atoms with Gasteiger partial charge in [0.1, 0.15) is 18.5 Å². The Morgan fingerprint density at radius 3 is 2.67 bits per heavy atom. The van der Waals surface area contributed by atoms with Gasteiger partial charge in [-0.15, -0.1) is 0 Å². The van der Waals surface area contributed by atoms with Gasteiger partial charge in [0, 0.05) is 25.6 Å². The van der Waals surface area contributed by atoms with Crippen LogP contribution < -0.4 is 5.32 Å². The minimum Gasteiger partial charge on any atom is -0.380 e. The van der Waals surface area contributed by atoms with Crippen LogP contribution in [0.5, 0.6) is 0 Å². The second-order valence-corrected chi connectivity index (χ2v) is 8.24. The third-order valence-corrected chi connectivity index (χ3v) is 5.75. The van der Waals surface area contributed by atoms with E-state index in [1.165, 1.54) is 6.33 Å². The number of halogens is 4. The summed E-state index contributed by atoms with van der Waals surface area (Å²) < 4.78 is 59.9. The van der Waals surface area contributed by atoms with Gasteiger partial charge in [0.25, 0.3) is 5.91 Å². The number of nitrogens with zero attached hydrogens (tertiary/aromatic N) is 3. The molecule has 0 spiro atoms. The van der Waals surface area contributed by atoms with Crippen LogP contribution >= 0.6 is 0 Å². The van der Waals surface area contributed by atoms with Gasteiger partial charge in [-0.1, -0.05) is 13.8 Å². The average molecular weight is 428 g/mol. The Morgan fingerprint density at radius 1 is 1.37 bits per heavy atom. The van der Waals surface area contributed by atoms with Gasteiger partial charge in [-0.3, -0.25) is 9.48 Å². The second kappa shape index (κ2) is 8.33. The van der Waals surface area contributed by atoms with Crippen molar-refractivity contribution >= 4 is 5.91 Å². The molecular formula is C20H24F4N4O2. The van der Waals surface area contributed by atoms with Gasteiger partial charge in [0.2, 0.25) is 0 Å². The van der Waals surface area contributed by atoms with Crippen LogP contribution in [0.1, 0.15) is 42.6 Å². The molecule has 1 amide bonds. The molecule has 1 aliphatic rings. The summed E-state index contributed by atoms with van der Waals surface area (Å²) in [6, 6.07) is 1.53. The highest BCUT2D eigenvalue weighted by Gasteiger charge is 2.45. The van der Waals surface area contributed by atoms with E-state index in [2.05, 4.69) is 29.2 Å². The Morgan fingerprint density at radius 2 is 2.10 bits per heavy atom. The number of alkyl halides is 3. The molecule has 164 valence electrons. The number of hydrogen-bond acceptors (Lipinski definition) is 4. The third kappa shape index (κ3) is 4.63. The fourth-order valence-corrected chi connectivity index (χ4v) is 4.24. The van der Waals surface area contributed by atoms with Crippen LogP contribution in [0.4, 0.5) is 17.6 Å². The lowest BCUT2D eigenvalue weighted by Gasteiger charge is -2.47. The topological polar surface area (TPSA) is 69.0 Å². The van der Waals surface area contributed by atoms with Crippen molar-refractivity contribution in [1.82, 2.24) is 20.1 Å². The maximum absolute atomic E-state index is 14.2. The van der Waals surface area contributed by atoms with Crippen molar-refractivity contribution in [2.45, 2.75) is 51.6 Å². The van der Waals surface area contributed by atoms with Gasteiger partial charge in [0.05, 0.1) is 17.2 Å². The van der Waals surface area contributed by atoms with E-state index in [1.54, 1.807) is 18.1 Å². The van der Waals surface area contributed by atoms with Crippen LogP contribution in [-0.2, 0) is 17.5 Å². The maximum atomic E-state index is 14.2. The quantitative estimate of drug-likeness (QED) is 0.738. The van der Waals surface area contributed by atoms with Gasteiger partial charge >= 0.3 is 6.18 Å². The van der Waals surface area contributed by atoms with E-state index in [0.29, 0.717) is 25.1 Å². The molecule has 3 atom stereocenters. The van der Waals surface area contributed by atoms with Crippen LogP contribution in [0, 0.1) is 17.2 Å². The molecule has 1 heterocycles. The Kier molecular flexibility index (Phi) is 6.16. The van der Waals surface area contributed by atoms with Gasteiger partial charge in [0.15, 0.2) is 0 Å². The summed E-state index contributed by atoms with van der Waals surface area (Å²) in [4.78, 5) is 16.6. The maximum Gasteiger partial charge on any atom is 0.416 e. The standard InChI is InChI=1S/C20H24F4N4O2/c1-19(2)7-6-16(14(17(19)30-3)9-28-11-25-10-26-28)27-18(29)13-5-4-12(8-15(13)21)20(22,23)24/h4-5,8,10-11,14,16-17H,6-7,9H2,1-3H3,(H,27,29)/t14-,16+,17+/m0/s1. The van der Waals surface area contributed by atoms with E-state index in [1.807, 2.05) is 0 Å². The smallest absolute Gasteiger partial charge is 0.380 e. The number of nitrogens with one attached hydrogen (secondary N) is 1. The van der Waals surface area contributed by atoms with Crippen LogP contribution in [0.25, 0.3) is 0 Å². The Bertz CT molecular complexity index is 883. The van der Waals surface area contributed by atoms with E-state index in [-0.39, 0.29) is 23.5 Å². The lowest BCUT2D eigenvalue weighted by Crippen LogP contribution is -2.55. The summed E-state index contributed by atoms with van der Waals surface area (Å²) in [5, 5.41) is 6.91. The zero-order valence-corrected chi connectivity index (χ0v) is 16.9. The Labute approximate surface area is 171 Å². The first-order chi connectivity index (χ1) is 14.0. The molecule has 0 unspecified atom stereocenters. The van der Waals surface area contributed by atoms with Gasteiger partial charge < -0.3 is 10.1 Å². The van der Waals surface area contributed by atoms with Gasteiger partial charge in [-0.25, -0.2) is 9.37 Å². The Balaban J connectivity index is 1.83. The number of rotatable bonds is 5. The summed E-state index contributed by atoms with van der Waals surface area (Å²) in [6.45, 7) is 4.56. The van der Waals surface area contributed by atoms with Crippen LogP contribution in [0.15, 0.2) is 30.9 Å². The van der Waals surface area contributed by atoms with Crippen molar-refractivity contribution in [3.63, 3.8) is 0 Å². The van der Waals surface area contributed by atoms with Crippen molar-refractivity contribution in [3.8, 4) is 0 Å². The van der Waals surface area contributed by atoms with Gasteiger partial charge in [-0.05, 0) is 36.5 Å². The molecule has 1 saturated carbocycles. The highest BCUT2D eigenvalue weighted by atomic mass is 19.4. The molecule has 1 fully saturated rings. The highest BCUT2D eigenvalue weighted by molar-refractivity contribution is 5.94. The largest absolute Gasteiger partial charge is 0.416 e. The number of carbonyl (C=O) groups excluding carboxylic acids is 1. The molecule has 2 aromatic rings. The van der Waals surface area contributed by atoms with E-state index in [9.17, 15) is 22.4 Å². The minimum absolute atomic E-state index is 0.166. The lowest BCUT2D eigenvalue weighted by molar-refractivity contribution is -0.137. The van der Waals surface area contributed by atoms with Gasteiger partial charge in [-0.2, -0.15) is 18.3 Å². The van der Waals surface area contributed by atoms with Crippen LogP contribution in [0.3, 0.4) is 0 Å². The average Bonchev–Trinajstić information content (AvgIpc) is 3.16. The molecule has 1 aliphatic carbocycles.